The van der Waals surface area contributed by atoms with Gasteiger partial charge >= 0.3 is 5.97 Å². The third kappa shape index (κ3) is 2.43. The quantitative estimate of drug-likeness (QED) is 0.775. The van der Waals surface area contributed by atoms with E-state index in [0.717, 1.165) is 5.56 Å². The van der Waals surface area contributed by atoms with Gasteiger partial charge in [0, 0.05) is 11.9 Å². The molecule has 0 spiro atoms. The van der Waals surface area contributed by atoms with Gasteiger partial charge in [-0.15, -0.1) is 0 Å². The summed E-state index contributed by atoms with van der Waals surface area (Å²) >= 11 is 0. The maximum absolute atomic E-state index is 13.4. The number of halogens is 1. The minimum Gasteiger partial charge on any atom is -0.476 e. The lowest BCUT2D eigenvalue weighted by Gasteiger charge is -2.06. The first-order valence-electron chi connectivity index (χ1n) is 6.29. The number of aryl methyl sites for hydroxylation is 1. The standard InChI is InChI=1S/C15H12FN3O2/c1-9-6-10(16)8-11(7-9)17-14-13(15(20)21)19-5-3-2-4-12(19)18-14/h2-8,17H,1H3,(H,20,21). The van der Waals surface area contributed by atoms with Crippen LogP contribution in [0.2, 0.25) is 0 Å². The van der Waals surface area contributed by atoms with E-state index in [1.807, 2.05) is 0 Å². The smallest absolute Gasteiger partial charge is 0.356 e. The number of aromatic carboxylic acids is 1. The van der Waals surface area contributed by atoms with Gasteiger partial charge in [-0.1, -0.05) is 6.07 Å². The van der Waals surface area contributed by atoms with Crippen LogP contribution in [0.25, 0.3) is 5.65 Å². The molecule has 0 saturated heterocycles. The molecule has 0 aliphatic rings. The molecule has 1 aromatic carbocycles. The Morgan fingerprint density at radius 1 is 1.33 bits per heavy atom. The molecule has 106 valence electrons. The van der Waals surface area contributed by atoms with Crippen molar-refractivity contribution in [2.75, 3.05) is 5.32 Å². The normalized spacial score (nSPS) is 10.8. The molecule has 5 nitrogen and oxygen atoms in total. The molecule has 2 heterocycles. The van der Waals surface area contributed by atoms with Gasteiger partial charge in [0.15, 0.2) is 11.5 Å². The van der Waals surface area contributed by atoms with Crippen molar-refractivity contribution in [3.63, 3.8) is 0 Å². The van der Waals surface area contributed by atoms with E-state index < -0.39 is 11.8 Å². The van der Waals surface area contributed by atoms with Gasteiger partial charge in [-0.2, -0.15) is 0 Å². The Labute approximate surface area is 119 Å². The van der Waals surface area contributed by atoms with E-state index in [4.69, 9.17) is 0 Å². The summed E-state index contributed by atoms with van der Waals surface area (Å²) in [7, 11) is 0. The maximum atomic E-state index is 13.4. The number of hydrogen-bond acceptors (Lipinski definition) is 3. The van der Waals surface area contributed by atoms with Gasteiger partial charge in [0.2, 0.25) is 0 Å². The maximum Gasteiger partial charge on any atom is 0.356 e. The predicted molar refractivity (Wildman–Crippen MR) is 76.6 cm³/mol. The average molecular weight is 285 g/mol. The number of carbonyl (C=O) groups is 1. The van der Waals surface area contributed by atoms with E-state index in [1.165, 1.54) is 16.5 Å². The zero-order valence-corrected chi connectivity index (χ0v) is 11.2. The molecule has 3 rings (SSSR count). The summed E-state index contributed by atoms with van der Waals surface area (Å²) in [5.41, 5.74) is 1.70. The number of imidazole rings is 1. The lowest BCUT2D eigenvalue weighted by atomic mass is 10.2. The Balaban J connectivity index is 2.11. The molecule has 3 aromatic rings. The van der Waals surface area contributed by atoms with Crippen LogP contribution >= 0.6 is 0 Å². The van der Waals surface area contributed by atoms with Crippen molar-refractivity contribution < 1.29 is 14.3 Å². The fraction of sp³-hybridized carbons (Fsp3) is 0.0667. The summed E-state index contributed by atoms with van der Waals surface area (Å²) in [6, 6.07) is 9.60. The Morgan fingerprint density at radius 3 is 2.86 bits per heavy atom. The highest BCUT2D eigenvalue weighted by Gasteiger charge is 2.18. The lowest BCUT2D eigenvalue weighted by Crippen LogP contribution is -2.05. The predicted octanol–water partition coefficient (Wildman–Crippen LogP) is 3.22. The van der Waals surface area contributed by atoms with Crippen LogP contribution in [-0.4, -0.2) is 20.5 Å². The van der Waals surface area contributed by atoms with E-state index in [0.29, 0.717) is 11.3 Å². The zero-order valence-electron chi connectivity index (χ0n) is 11.2. The van der Waals surface area contributed by atoms with Crippen LogP contribution in [0.4, 0.5) is 15.9 Å². The number of nitrogens with one attached hydrogen (secondary N) is 1. The molecule has 0 atom stereocenters. The SMILES string of the molecule is Cc1cc(F)cc(Nc2nc3ccccn3c2C(=O)O)c1. The summed E-state index contributed by atoms with van der Waals surface area (Å²) in [5, 5.41) is 12.2. The van der Waals surface area contributed by atoms with Crippen molar-refractivity contribution in [2.45, 2.75) is 6.92 Å². The van der Waals surface area contributed by atoms with Gasteiger partial charge in [-0.25, -0.2) is 14.2 Å². The summed E-state index contributed by atoms with van der Waals surface area (Å²) in [6.07, 6.45) is 1.62. The average Bonchev–Trinajstić information content (AvgIpc) is 2.75. The molecule has 0 amide bonds. The van der Waals surface area contributed by atoms with E-state index in [1.54, 1.807) is 37.4 Å². The molecular formula is C15H12FN3O2. The number of hydrogen-bond donors (Lipinski definition) is 2. The molecular weight excluding hydrogens is 273 g/mol. The van der Waals surface area contributed by atoms with Gasteiger partial charge < -0.3 is 10.4 Å². The van der Waals surface area contributed by atoms with Gasteiger partial charge in [0.25, 0.3) is 0 Å². The Hall–Kier alpha value is -2.89. The fourth-order valence-electron chi connectivity index (χ4n) is 2.23. The number of pyridine rings is 1. The van der Waals surface area contributed by atoms with Crippen LogP contribution in [-0.2, 0) is 0 Å². The minimum absolute atomic E-state index is 0.00696. The number of nitrogens with zero attached hydrogens (tertiary/aromatic N) is 2. The number of anilines is 2. The molecule has 0 unspecified atom stereocenters. The van der Waals surface area contributed by atoms with Crippen LogP contribution in [0, 0.1) is 12.7 Å². The number of carboxylic acid groups (broad SMARTS) is 1. The van der Waals surface area contributed by atoms with Gasteiger partial charge in [-0.05, 0) is 42.8 Å². The third-order valence-corrected chi connectivity index (χ3v) is 3.04. The first kappa shape index (κ1) is 13.1. The van der Waals surface area contributed by atoms with Crippen LogP contribution in [0.15, 0.2) is 42.6 Å². The monoisotopic (exact) mass is 285 g/mol. The Kier molecular flexibility index (Phi) is 3.06. The molecule has 0 bridgehead atoms. The molecule has 2 aromatic heterocycles. The van der Waals surface area contributed by atoms with E-state index in [2.05, 4.69) is 10.3 Å². The number of fused-ring (bicyclic) bond motifs is 1. The molecule has 0 aliphatic heterocycles. The molecule has 0 fully saturated rings. The second kappa shape index (κ2) is 4.90. The zero-order chi connectivity index (χ0) is 15.0. The highest BCUT2D eigenvalue weighted by Crippen LogP contribution is 2.23. The third-order valence-electron chi connectivity index (χ3n) is 3.04. The lowest BCUT2D eigenvalue weighted by molar-refractivity contribution is 0.0690. The number of benzene rings is 1. The van der Waals surface area contributed by atoms with E-state index in [-0.39, 0.29) is 11.5 Å². The van der Waals surface area contributed by atoms with Crippen molar-refractivity contribution in [3.05, 3.63) is 59.7 Å². The molecule has 21 heavy (non-hydrogen) atoms. The largest absolute Gasteiger partial charge is 0.476 e. The highest BCUT2D eigenvalue weighted by molar-refractivity contribution is 5.93. The fourth-order valence-corrected chi connectivity index (χ4v) is 2.23. The summed E-state index contributed by atoms with van der Waals surface area (Å²) in [4.78, 5) is 15.7. The second-order valence-corrected chi connectivity index (χ2v) is 4.69. The van der Waals surface area contributed by atoms with Crippen LogP contribution in [0.5, 0.6) is 0 Å². The first-order valence-corrected chi connectivity index (χ1v) is 6.29. The van der Waals surface area contributed by atoms with E-state index >= 15 is 0 Å². The summed E-state index contributed by atoms with van der Waals surface area (Å²) < 4.78 is 14.9. The molecule has 6 heteroatoms. The van der Waals surface area contributed by atoms with Crippen molar-refractivity contribution >= 4 is 23.1 Å². The number of rotatable bonds is 3. The number of aromatic nitrogens is 2. The molecule has 0 saturated carbocycles. The highest BCUT2D eigenvalue weighted by atomic mass is 19.1. The van der Waals surface area contributed by atoms with Gasteiger partial charge in [-0.3, -0.25) is 4.40 Å². The van der Waals surface area contributed by atoms with Crippen molar-refractivity contribution in [1.82, 2.24) is 9.38 Å². The number of carboxylic acids is 1. The van der Waals surface area contributed by atoms with Crippen LogP contribution in [0.3, 0.4) is 0 Å². The van der Waals surface area contributed by atoms with E-state index in [9.17, 15) is 14.3 Å². The topological polar surface area (TPSA) is 66.6 Å². The van der Waals surface area contributed by atoms with Crippen molar-refractivity contribution in [3.8, 4) is 0 Å². The van der Waals surface area contributed by atoms with Crippen LogP contribution in [0.1, 0.15) is 16.1 Å². The van der Waals surface area contributed by atoms with Crippen molar-refractivity contribution in [1.29, 1.82) is 0 Å². The van der Waals surface area contributed by atoms with Gasteiger partial charge in [0.05, 0.1) is 0 Å². The van der Waals surface area contributed by atoms with Crippen molar-refractivity contribution in [2.24, 2.45) is 0 Å². The van der Waals surface area contributed by atoms with Gasteiger partial charge in [0.1, 0.15) is 11.5 Å². The molecule has 2 N–H and O–H groups in total. The minimum atomic E-state index is -1.11. The summed E-state index contributed by atoms with van der Waals surface area (Å²) in [5.74, 6) is -1.32. The molecule has 0 radical (unpaired) electrons. The summed E-state index contributed by atoms with van der Waals surface area (Å²) in [6.45, 7) is 1.76. The van der Waals surface area contributed by atoms with Crippen LogP contribution < -0.4 is 5.32 Å². The first-order chi connectivity index (χ1) is 10.0. The molecule has 0 aliphatic carbocycles. The Bertz CT molecular complexity index is 822. The second-order valence-electron chi connectivity index (χ2n) is 4.69. The Morgan fingerprint density at radius 2 is 2.14 bits per heavy atom.